The van der Waals surface area contributed by atoms with E-state index in [9.17, 15) is 9.59 Å². The van der Waals surface area contributed by atoms with Gasteiger partial charge in [0.15, 0.2) is 6.29 Å². The summed E-state index contributed by atoms with van der Waals surface area (Å²) in [5.74, 6) is -0.334. The maximum Gasteiger partial charge on any atom is 0.407 e. The van der Waals surface area contributed by atoms with Crippen molar-refractivity contribution in [1.82, 2.24) is 10.2 Å². The molecular formula is C41H42N2O5. The first-order valence-corrected chi connectivity index (χ1v) is 16.7. The van der Waals surface area contributed by atoms with Gasteiger partial charge >= 0.3 is 6.09 Å². The smallest absolute Gasteiger partial charge is 0.407 e. The van der Waals surface area contributed by atoms with Crippen molar-refractivity contribution in [2.24, 2.45) is 0 Å². The number of carbonyl (C=O) groups excluding carboxylic acids is 2. The molecule has 0 saturated heterocycles. The summed E-state index contributed by atoms with van der Waals surface area (Å²) >= 11 is 0. The fourth-order valence-electron chi connectivity index (χ4n) is 6.55. The predicted octanol–water partition coefficient (Wildman–Crippen LogP) is 7.72. The van der Waals surface area contributed by atoms with E-state index in [1.54, 1.807) is 4.90 Å². The van der Waals surface area contributed by atoms with E-state index in [1.807, 2.05) is 86.6 Å². The van der Waals surface area contributed by atoms with E-state index >= 15 is 0 Å². The zero-order chi connectivity index (χ0) is 33.3. The molecule has 0 aromatic heterocycles. The summed E-state index contributed by atoms with van der Waals surface area (Å²) in [6.45, 7) is 5.35. The first-order chi connectivity index (χ1) is 23.5. The van der Waals surface area contributed by atoms with E-state index in [1.165, 1.54) is 0 Å². The highest BCUT2D eigenvalue weighted by molar-refractivity contribution is 5.87. The summed E-state index contributed by atoms with van der Waals surface area (Å²) in [6.07, 6.45) is -0.953. The number of hydrogen-bond donors (Lipinski definition) is 1. The molecule has 0 unspecified atom stereocenters. The van der Waals surface area contributed by atoms with Crippen molar-refractivity contribution in [3.05, 3.63) is 144 Å². The molecule has 0 bridgehead atoms. The van der Waals surface area contributed by atoms with Crippen LogP contribution in [0, 0.1) is 0 Å². The number of benzene rings is 5. The van der Waals surface area contributed by atoms with Crippen molar-refractivity contribution in [2.45, 2.75) is 45.1 Å². The Morgan fingerprint density at radius 1 is 0.708 bits per heavy atom. The molecule has 1 atom stereocenters. The zero-order valence-corrected chi connectivity index (χ0v) is 27.5. The van der Waals surface area contributed by atoms with Gasteiger partial charge in [0.2, 0.25) is 5.91 Å². The van der Waals surface area contributed by atoms with Gasteiger partial charge in [-0.15, -0.1) is 0 Å². The second-order valence-corrected chi connectivity index (χ2v) is 12.0. The number of rotatable bonds is 14. The molecule has 0 spiro atoms. The topological polar surface area (TPSA) is 77.1 Å². The third-order valence-corrected chi connectivity index (χ3v) is 8.79. The number of ether oxygens (including phenoxy) is 3. The fraction of sp³-hybridized carbons (Fsp3) is 0.268. The van der Waals surface area contributed by atoms with Crippen LogP contribution in [0.25, 0.3) is 21.9 Å². The van der Waals surface area contributed by atoms with Gasteiger partial charge < -0.3 is 24.4 Å². The molecule has 0 heterocycles. The quantitative estimate of drug-likeness (QED) is 0.126. The number of carbonyl (C=O) groups is 2. The van der Waals surface area contributed by atoms with Gasteiger partial charge in [-0.05, 0) is 64.1 Å². The molecule has 6 rings (SSSR count). The lowest BCUT2D eigenvalue weighted by atomic mass is 9.98. The zero-order valence-electron chi connectivity index (χ0n) is 27.5. The molecule has 0 aliphatic heterocycles. The van der Waals surface area contributed by atoms with Crippen LogP contribution < -0.4 is 5.32 Å². The van der Waals surface area contributed by atoms with Gasteiger partial charge in [0.1, 0.15) is 12.6 Å². The molecule has 1 aliphatic rings. The van der Waals surface area contributed by atoms with Crippen LogP contribution in [0.3, 0.4) is 0 Å². The minimum absolute atomic E-state index is 0.0889. The lowest BCUT2D eigenvalue weighted by Gasteiger charge is -2.31. The van der Waals surface area contributed by atoms with Gasteiger partial charge in [-0.3, -0.25) is 4.79 Å². The van der Waals surface area contributed by atoms with Crippen LogP contribution in [0.5, 0.6) is 0 Å². The van der Waals surface area contributed by atoms with Crippen molar-refractivity contribution >= 4 is 22.8 Å². The third-order valence-electron chi connectivity index (χ3n) is 8.79. The third kappa shape index (κ3) is 7.76. The molecular weight excluding hydrogens is 600 g/mol. The molecule has 5 aromatic carbocycles. The molecule has 1 N–H and O–H groups in total. The van der Waals surface area contributed by atoms with Crippen molar-refractivity contribution in [2.75, 3.05) is 26.4 Å². The van der Waals surface area contributed by atoms with Crippen LogP contribution >= 0.6 is 0 Å². The van der Waals surface area contributed by atoms with Gasteiger partial charge in [-0.1, -0.05) is 115 Å². The number of hydrogen-bond acceptors (Lipinski definition) is 5. The monoisotopic (exact) mass is 642 g/mol. The van der Waals surface area contributed by atoms with E-state index < -0.39 is 18.4 Å². The predicted molar refractivity (Wildman–Crippen MR) is 189 cm³/mol. The highest BCUT2D eigenvalue weighted by Crippen LogP contribution is 2.44. The molecule has 0 radical (unpaired) electrons. The van der Waals surface area contributed by atoms with Gasteiger partial charge in [0.05, 0.1) is 6.54 Å². The average Bonchev–Trinajstić information content (AvgIpc) is 3.44. The number of alkyl carbamates (subject to hydrolysis) is 1. The summed E-state index contributed by atoms with van der Waals surface area (Å²) in [5.41, 5.74) is 6.45. The number of fused-ring (bicyclic) bond motifs is 4. The fourth-order valence-corrected chi connectivity index (χ4v) is 6.55. The highest BCUT2D eigenvalue weighted by Gasteiger charge is 2.32. The molecule has 7 nitrogen and oxygen atoms in total. The second-order valence-electron chi connectivity index (χ2n) is 12.0. The SMILES string of the molecule is CCOC(CN(Cc1ccc2ccccc2c1)C(=O)[C@H](Cc1ccccc1)NC(=O)OCC1c2ccccc2-c2ccccc21)OCC. The maximum absolute atomic E-state index is 14.5. The van der Waals surface area contributed by atoms with Crippen LogP contribution in [-0.4, -0.2) is 55.6 Å². The molecule has 7 heteroatoms. The van der Waals surface area contributed by atoms with Crippen molar-refractivity contribution in [1.29, 1.82) is 0 Å². The van der Waals surface area contributed by atoms with E-state index in [-0.39, 0.29) is 25.0 Å². The first kappa shape index (κ1) is 32.9. The summed E-state index contributed by atoms with van der Waals surface area (Å²) in [5, 5.41) is 5.15. The van der Waals surface area contributed by atoms with Crippen LogP contribution in [0.15, 0.2) is 121 Å². The van der Waals surface area contributed by atoms with Crippen molar-refractivity contribution in [3.8, 4) is 11.1 Å². The van der Waals surface area contributed by atoms with Crippen molar-refractivity contribution < 1.29 is 23.8 Å². The standard InChI is InChI=1S/C41H42N2O5/c1-3-46-39(47-4-2)27-43(26-30-22-23-31-16-8-9-17-32(31)24-30)40(44)38(25-29-14-6-5-7-15-29)42-41(45)48-28-37-35-20-12-10-18-33(35)34-19-11-13-21-36(34)37/h5-24,37-39H,3-4,25-28H2,1-2H3,(H,42,45)/t38-/m0/s1. The lowest BCUT2D eigenvalue weighted by Crippen LogP contribution is -2.51. The Labute approximate surface area is 282 Å². The lowest BCUT2D eigenvalue weighted by molar-refractivity contribution is -0.160. The second kappa shape index (κ2) is 15.7. The van der Waals surface area contributed by atoms with Gasteiger partial charge in [-0.2, -0.15) is 0 Å². The highest BCUT2D eigenvalue weighted by atomic mass is 16.7. The average molecular weight is 643 g/mol. The van der Waals surface area contributed by atoms with E-state index in [4.69, 9.17) is 14.2 Å². The van der Waals surface area contributed by atoms with Gasteiger partial charge in [0, 0.05) is 32.1 Å². The largest absolute Gasteiger partial charge is 0.449 e. The van der Waals surface area contributed by atoms with Crippen LogP contribution in [0.1, 0.15) is 42.0 Å². The van der Waals surface area contributed by atoms with Crippen LogP contribution in [0.4, 0.5) is 4.79 Å². The van der Waals surface area contributed by atoms with E-state index in [0.717, 1.165) is 44.2 Å². The Morgan fingerprint density at radius 2 is 1.31 bits per heavy atom. The maximum atomic E-state index is 14.5. The van der Waals surface area contributed by atoms with Crippen molar-refractivity contribution in [3.63, 3.8) is 0 Å². The molecule has 246 valence electrons. The number of nitrogens with zero attached hydrogens (tertiary/aromatic N) is 1. The van der Waals surface area contributed by atoms with E-state index in [2.05, 4.69) is 53.8 Å². The Balaban J connectivity index is 1.24. The minimum Gasteiger partial charge on any atom is -0.449 e. The summed E-state index contributed by atoms with van der Waals surface area (Å²) in [6, 6.07) is 39.6. The van der Waals surface area contributed by atoms with Gasteiger partial charge in [0.25, 0.3) is 0 Å². The summed E-state index contributed by atoms with van der Waals surface area (Å²) < 4.78 is 17.6. The Kier molecular flexibility index (Phi) is 10.8. The summed E-state index contributed by atoms with van der Waals surface area (Å²) in [7, 11) is 0. The van der Waals surface area contributed by atoms with Crippen LogP contribution in [0.2, 0.25) is 0 Å². The molecule has 5 aromatic rings. The Bertz CT molecular complexity index is 1790. The molecule has 48 heavy (non-hydrogen) atoms. The molecule has 0 fully saturated rings. The summed E-state index contributed by atoms with van der Waals surface area (Å²) in [4.78, 5) is 29.8. The first-order valence-electron chi connectivity index (χ1n) is 16.7. The van der Waals surface area contributed by atoms with E-state index in [0.29, 0.717) is 26.2 Å². The Morgan fingerprint density at radius 3 is 1.98 bits per heavy atom. The Hall–Kier alpha value is -4.98. The number of amides is 2. The van der Waals surface area contributed by atoms with Gasteiger partial charge in [-0.25, -0.2) is 4.79 Å². The normalized spacial score (nSPS) is 12.8. The minimum atomic E-state index is -0.882. The molecule has 1 aliphatic carbocycles. The molecule has 2 amide bonds. The molecule has 0 saturated carbocycles. The number of nitrogens with one attached hydrogen (secondary N) is 1. The van der Waals surface area contributed by atoms with Crippen LogP contribution in [-0.2, 0) is 32.0 Å².